The molecule has 1 amide bonds. The smallest absolute Gasteiger partial charge is 0.418 e. The van der Waals surface area contributed by atoms with Gasteiger partial charge < -0.3 is 44.3 Å². The summed E-state index contributed by atoms with van der Waals surface area (Å²) in [4.78, 5) is 63.5. The van der Waals surface area contributed by atoms with Gasteiger partial charge in [-0.3, -0.25) is 9.59 Å². The third kappa shape index (κ3) is 8.54. The molecule has 0 radical (unpaired) electrons. The zero-order chi connectivity index (χ0) is 51.0. The number of aromatic nitrogens is 5. The zero-order valence-electron chi connectivity index (χ0n) is 39.8. The molecule has 2 aromatic carbocycles. The highest BCUT2D eigenvalue weighted by Gasteiger charge is 2.46. The Labute approximate surface area is 409 Å². The summed E-state index contributed by atoms with van der Waals surface area (Å²) in [5.41, 5.74) is 4.52. The Bertz CT molecular complexity index is 3290. The molecule has 4 aromatic heterocycles. The summed E-state index contributed by atoms with van der Waals surface area (Å²) in [6, 6.07) is 8.73. The first-order chi connectivity index (χ1) is 33.6. The van der Waals surface area contributed by atoms with Crippen LogP contribution in [0, 0.1) is 12.7 Å². The fourth-order valence-corrected chi connectivity index (χ4v) is 10.0. The molecule has 0 bridgehead atoms. The predicted molar refractivity (Wildman–Crippen MR) is 258 cm³/mol. The molecule has 1 saturated heterocycles. The number of nitrogens with two attached hydrogens (primary N) is 1. The molecule has 0 aliphatic carbocycles. The molecule has 3 N–H and O–H groups in total. The second-order valence-electron chi connectivity index (χ2n) is 18.2. The third-order valence-corrected chi connectivity index (χ3v) is 13.7. The van der Waals surface area contributed by atoms with E-state index in [0.29, 0.717) is 35.6 Å². The van der Waals surface area contributed by atoms with E-state index in [1.54, 1.807) is 34.6 Å². The highest BCUT2D eigenvalue weighted by molar-refractivity contribution is 6.34. The number of alkyl halides is 3. The van der Waals surface area contributed by atoms with Gasteiger partial charge in [-0.15, -0.1) is 0 Å². The van der Waals surface area contributed by atoms with Crippen LogP contribution >= 0.6 is 11.6 Å². The monoisotopic (exact) mass is 999 g/mol. The predicted octanol–water partition coefficient (Wildman–Crippen LogP) is 6.96. The van der Waals surface area contributed by atoms with Crippen LogP contribution < -0.4 is 25.7 Å². The van der Waals surface area contributed by atoms with Crippen molar-refractivity contribution in [3.63, 3.8) is 0 Å². The number of hydrogen-bond donors (Lipinski definition) is 2. The number of fused-ring (bicyclic) bond motifs is 6. The highest BCUT2D eigenvalue weighted by atomic mass is 35.5. The molecule has 21 heteroatoms. The number of nitrogen functional groups attached to an aromatic ring is 1. The summed E-state index contributed by atoms with van der Waals surface area (Å²) in [5.74, 6) is -1.93. The molecule has 2 unspecified atom stereocenters. The molecule has 3 aliphatic heterocycles. The lowest BCUT2D eigenvalue weighted by atomic mass is 9.86. The SMILES string of the molecule is C=C(COc1ccc2nc3c(c(CC)c2c1)Cn1c-3cc2c(c1=O)COC(=O)C2(O)CC)C(=O)N1CCN(c2nc(OCCN(C)C)nc3c(F)c(-c4nc(N)cc(C)c4C(F)(F)F)c(Cl)cc23)C(C)C1. The van der Waals surface area contributed by atoms with E-state index in [1.165, 1.54) is 13.0 Å². The number of carbonyl (C=O) groups is 2. The van der Waals surface area contributed by atoms with Crippen molar-refractivity contribution in [3.8, 4) is 34.4 Å². The Hall–Kier alpha value is -6.90. The van der Waals surface area contributed by atoms with Gasteiger partial charge in [0.1, 0.15) is 42.7 Å². The topological polar surface area (TPSA) is 191 Å². The quantitative estimate of drug-likeness (QED) is 0.0726. The molecule has 9 rings (SSSR count). The number of aryl methyl sites for hydroxylation is 2. The van der Waals surface area contributed by atoms with E-state index in [1.807, 2.05) is 43.8 Å². The molecule has 2 atom stereocenters. The van der Waals surface area contributed by atoms with Gasteiger partial charge in [-0.25, -0.2) is 19.2 Å². The lowest BCUT2D eigenvalue weighted by Gasteiger charge is -2.41. The van der Waals surface area contributed by atoms with Crippen LogP contribution in [0.5, 0.6) is 11.8 Å². The van der Waals surface area contributed by atoms with E-state index in [2.05, 4.69) is 21.5 Å². The van der Waals surface area contributed by atoms with E-state index < -0.39 is 46.4 Å². The number of esters is 1. The Morgan fingerprint density at radius 3 is 2.49 bits per heavy atom. The number of aliphatic hydroxyl groups is 1. The van der Waals surface area contributed by atoms with Gasteiger partial charge in [-0.2, -0.15) is 23.1 Å². The second-order valence-corrected chi connectivity index (χ2v) is 18.7. The summed E-state index contributed by atoms with van der Waals surface area (Å²) < 4.78 is 79.0. The lowest BCUT2D eigenvalue weighted by molar-refractivity contribution is -0.172. The number of cyclic esters (lactones) is 1. The van der Waals surface area contributed by atoms with Crippen LogP contribution in [-0.4, -0.2) is 111 Å². The number of anilines is 2. The standard InChI is InChI=1S/C50H50ClF4N9O7/c1-8-28-29-17-27(10-11-35(29)57-41-31(28)21-64-36(41)19-33-32(46(64)66)23-71-47(67)49(33,68)9-2)70-22-25(4)45(65)62-12-13-63(26(5)20-62)44-30-18-34(51)38(43-39(50(53,54)55)24(3)16-37(56)58-43)40(52)42(30)59-48(60-44)69-15-14-61(6)7/h10-11,16-19,26,68H,4,8-9,12-15,20-23H2,1-3,5-7H3,(H2,56,58). The number of carbonyl (C=O) groups excluding carboxylic acids is 2. The first-order valence-electron chi connectivity index (χ1n) is 23.0. The van der Waals surface area contributed by atoms with E-state index in [0.717, 1.165) is 22.6 Å². The lowest BCUT2D eigenvalue weighted by Crippen LogP contribution is -2.54. The van der Waals surface area contributed by atoms with Crippen LogP contribution in [-0.2, 0) is 45.7 Å². The minimum absolute atomic E-state index is 0.0302. The maximum absolute atomic E-state index is 16.9. The number of pyridine rings is 3. The molecular formula is C50H50ClF4N9O7. The summed E-state index contributed by atoms with van der Waals surface area (Å²) in [5, 5.41) is 11.8. The number of likely N-dealkylation sites (N-methyl/N-ethyl adjacent to an activating group) is 1. The number of hydrogen-bond acceptors (Lipinski definition) is 14. The normalized spacial score (nSPS) is 17.6. The molecule has 1 fully saturated rings. The summed E-state index contributed by atoms with van der Waals surface area (Å²) in [7, 11) is 3.66. The van der Waals surface area contributed by atoms with Gasteiger partial charge in [0.15, 0.2) is 11.4 Å². The van der Waals surface area contributed by atoms with Gasteiger partial charge in [0.25, 0.3) is 11.5 Å². The average Bonchev–Trinajstić information content (AvgIpc) is 3.68. The van der Waals surface area contributed by atoms with Gasteiger partial charge in [-0.1, -0.05) is 32.0 Å². The average molecular weight is 1000 g/mol. The van der Waals surface area contributed by atoms with E-state index >= 15 is 4.39 Å². The Morgan fingerprint density at radius 2 is 1.80 bits per heavy atom. The minimum atomic E-state index is -4.92. The van der Waals surface area contributed by atoms with Gasteiger partial charge in [-0.05, 0) is 88.3 Å². The van der Waals surface area contributed by atoms with E-state index in [-0.39, 0.29) is 120 Å². The molecule has 16 nitrogen and oxygen atoms in total. The van der Waals surface area contributed by atoms with Crippen LogP contribution in [0.3, 0.4) is 0 Å². The molecule has 3 aliphatic rings. The summed E-state index contributed by atoms with van der Waals surface area (Å²) in [6.07, 6.45) is -4.30. The highest BCUT2D eigenvalue weighted by Crippen LogP contribution is 2.46. The maximum atomic E-state index is 16.9. The van der Waals surface area contributed by atoms with Crippen molar-refractivity contribution >= 4 is 56.9 Å². The van der Waals surface area contributed by atoms with Crippen LogP contribution in [0.1, 0.15) is 60.6 Å². The first-order valence-corrected chi connectivity index (χ1v) is 23.3. The van der Waals surface area contributed by atoms with Gasteiger partial charge in [0.2, 0.25) is 0 Å². The zero-order valence-corrected chi connectivity index (χ0v) is 40.5. The van der Waals surface area contributed by atoms with Gasteiger partial charge in [0.05, 0.1) is 50.9 Å². The maximum Gasteiger partial charge on any atom is 0.418 e. The molecule has 7 heterocycles. The van der Waals surface area contributed by atoms with Crippen LogP contribution in [0.25, 0.3) is 44.5 Å². The van der Waals surface area contributed by atoms with Crippen molar-refractivity contribution < 1.29 is 46.5 Å². The Balaban J connectivity index is 0.945. The molecule has 372 valence electrons. The summed E-state index contributed by atoms with van der Waals surface area (Å²) >= 11 is 6.67. The molecular weight excluding hydrogens is 950 g/mol. The van der Waals surface area contributed by atoms with Crippen molar-refractivity contribution in [3.05, 3.63) is 103 Å². The van der Waals surface area contributed by atoms with Gasteiger partial charge >= 0.3 is 18.2 Å². The molecule has 0 saturated carbocycles. The van der Waals surface area contributed by atoms with E-state index in [9.17, 15) is 32.7 Å². The van der Waals surface area contributed by atoms with Crippen molar-refractivity contribution in [1.29, 1.82) is 0 Å². The number of amides is 1. The number of nitrogens with zero attached hydrogens (tertiary/aromatic N) is 8. The number of ether oxygens (including phenoxy) is 3. The number of rotatable bonds is 12. The van der Waals surface area contributed by atoms with Crippen molar-refractivity contribution in [2.75, 3.05) is 64.1 Å². The van der Waals surface area contributed by atoms with Crippen molar-refractivity contribution in [2.24, 2.45) is 0 Å². The van der Waals surface area contributed by atoms with Crippen molar-refractivity contribution in [2.45, 2.75) is 71.5 Å². The fraction of sp³-hybridized carbons (Fsp3) is 0.380. The van der Waals surface area contributed by atoms with Crippen LogP contribution in [0.4, 0.5) is 29.2 Å². The third-order valence-electron chi connectivity index (χ3n) is 13.4. The Morgan fingerprint density at radius 1 is 1.04 bits per heavy atom. The van der Waals surface area contributed by atoms with E-state index in [4.69, 9.17) is 36.5 Å². The number of halogens is 5. The fourth-order valence-electron chi connectivity index (χ4n) is 9.76. The Kier molecular flexibility index (Phi) is 12.7. The molecule has 71 heavy (non-hydrogen) atoms. The van der Waals surface area contributed by atoms with Crippen LogP contribution in [0.15, 0.2) is 53.3 Å². The summed E-state index contributed by atoms with van der Waals surface area (Å²) in [6.45, 7) is 11.7. The molecule has 0 spiro atoms. The minimum Gasteiger partial charge on any atom is -0.489 e. The molecule has 6 aromatic rings. The first kappa shape index (κ1) is 49.1. The largest absolute Gasteiger partial charge is 0.489 e. The van der Waals surface area contributed by atoms with Crippen molar-refractivity contribution in [1.82, 2.24) is 34.3 Å². The number of piperazine rings is 1. The number of benzene rings is 2. The van der Waals surface area contributed by atoms with Gasteiger partial charge in [0, 0.05) is 59.7 Å². The second kappa shape index (κ2) is 18.4. The van der Waals surface area contributed by atoms with Crippen LogP contribution in [0.2, 0.25) is 5.02 Å².